The van der Waals surface area contributed by atoms with E-state index in [1.54, 1.807) is 0 Å². The second-order valence-corrected chi connectivity index (χ2v) is 19.0. The van der Waals surface area contributed by atoms with Crippen molar-refractivity contribution in [1.29, 1.82) is 0 Å². The predicted octanol–water partition coefficient (Wildman–Crippen LogP) is 16.4. The molecule has 0 aliphatic rings. The minimum atomic E-state index is -0.437. The second kappa shape index (κ2) is 17.7. The third-order valence-electron chi connectivity index (χ3n) is 13.0. The van der Waals surface area contributed by atoms with Crippen molar-refractivity contribution in [1.82, 2.24) is 0 Å². The fraction of sp³-hybridized carbons (Fsp3) is 0.0476. The summed E-state index contributed by atoms with van der Waals surface area (Å²) in [5, 5.41) is 14.6. The van der Waals surface area contributed by atoms with E-state index in [-0.39, 0.29) is 0 Å². The Hall–Kier alpha value is -8.05. The smallest absolute Gasteiger partial charge is 0.166 e. The fourth-order valence-corrected chi connectivity index (χ4v) is 11.7. The van der Waals surface area contributed by atoms with Gasteiger partial charge >= 0.3 is 0 Å². The minimum absolute atomic E-state index is 0.437. The molecule has 0 atom stereocenters. The molecule has 3 nitrogen and oxygen atoms in total. The number of ether oxygens (including phenoxy) is 3. The molecule has 0 N–H and O–H groups in total. The Kier molecular flexibility index (Phi) is 10.7. The number of fused-ring (bicyclic) bond motifs is 6. The molecule has 67 heavy (non-hydrogen) atoms. The van der Waals surface area contributed by atoms with Crippen molar-refractivity contribution >= 4 is 75.5 Å². The zero-order valence-electron chi connectivity index (χ0n) is 36.8. The Labute approximate surface area is 392 Å². The van der Waals surface area contributed by atoms with E-state index in [0.717, 1.165) is 17.2 Å². The molecule has 320 valence electrons. The van der Waals surface area contributed by atoms with Gasteiger partial charge in [0.05, 0.1) is 10.9 Å². The molecule has 0 fully saturated rings. The van der Waals surface area contributed by atoms with Crippen molar-refractivity contribution in [2.75, 3.05) is 0 Å². The minimum Gasteiger partial charge on any atom is -0.489 e. The quantitative estimate of drug-likeness (QED) is 0.0904. The topological polar surface area (TPSA) is 27.7 Å². The van der Waals surface area contributed by atoms with E-state index in [0.29, 0.717) is 19.8 Å². The molecule has 0 aromatic heterocycles. The number of benzene rings is 12. The summed E-state index contributed by atoms with van der Waals surface area (Å²) in [5.41, 5.74) is 3.60. The first kappa shape index (κ1) is 40.5. The summed E-state index contributed by atoms with van der Waals surface area (Å²) in [5.74, 6) is 2.50. The lowest BCUT2D eigenvalue weighted by Crippen LogP contribution is -2.06. The van der Waals surface area contributed by atoms with Gasteiger partial charge in [0, 0.05) is 16.7 Å². The highest BCUT2D eigenvalue weighted by Gasteiger charge is 2.29. The SMILES string of the molecule is c1ccc2c(COc3ccc([S+](c4ccc(OCc5c6ccccc6cc6ccccc56)cc4)c4ccc(OCc5c6ccccc6cc6ccccc56)cc4)cc3)c3ccccc3cc2c1. The van der Waals surface area contributed by atoms with E-state index in [1.165, 1.54) is 96.0 Å². The third kappa shape index (κ3) is 7.96. The number of hydrogen-bond donors (Lipinski definition) is 0. The van der Waals surface area contributed by atoms with E-state index in [9.17, 15) is 0 Å². The Morgan fingerprint density at radius 3 is 0.672 bits per heavy atom. The predicted molar refractivity (Wildman–Crippen MR) is 279 cm³/mol. The molecule has 0 radical (unpaired) electrons. The van der Waals surface area contributed by atoms with Gasteiger partial charge in [-0.3, -0.25) is 0 Å². The van der Waals surface area contributed by atoms with Crippen molar-refractivity contribution in [3.05, 3.63) is 253 Å². The van der Waals surface area contributed by atoms with Crippen LogP contribution in [0.3, 0.4) is 0 Å². The van der Waals surface area contributed by atoms with Gasteiger partial charge in [-0.25, -0.2) is 0 Å². The highest BCUT2D eigenvalue weighted by Crippen LogP contribution is 2.37. The van der Waals surface area contributed by atoms with Crippen molar-refractivity contribution in [2.24, 2.45) is 0 Å². The standard InChI is InChI=1S/C63H45O3S/c1-7-19-55-43(13-1)37-44-14-2-8-20-56(44)61(55)40-64-49-25-31-52(32-26-49)67(53-33-27-50(28-34-53)65-41-62-57-21-9-3-15-45(57)38-46-16-4-10-22-58(46)62)54-35-29-51(30-36-54)66-42-63-59-23-11-5-17-47(59)39-48-18-6-12-24-60(48)63/h1-39H,40-42H2/q+1. The molecule has 0 heterocycles. The normalized spacial score (nSPS) is 11.6. The van der Waals surface area contributed by atoms with Crippen LogP contribution in [0.15, 0.2) is 251 Å². The molecule has 0 amide bonds. The lowest BCUT2D eigenvalue weighted by atomic mass is 9.97. The maximum absolute atomic E-state index is 6.59. The summed E-state index contributed by atoms with van der Waals surface area (Å²) >= 11 is 0. The Bertz CT molecular complexity index is 3190. The lowest BCUT2D eigenvalue weighted by molar-refractivity contribution is 0.309. The van der Waals surface area contributed by atoms with Crippen LogP contribution < -0.4 is 14.2 Å². The van der Waals surface area contributed by atoms with Gasteiger partial charge in [-0.05, 0) is 156 Å². The molecule has 12 rings (SSSR count). The zero-order valence-corrected chi connectivity index (χ0v) is 37.6. The largest absolute Gasteiger partial charge is 0.489 e. The van der Waals surface area contributed by atoms with Crippen LogP contribution in [0.25, 0.3) is 64.6 Å². The van der Waals surface area contributed by atoms with E-state index in [2.05, 4.69) is 237 Å². The molecule has 0 saturated carbocycles. The highest BCUT2D eigenvalue weighted by molar-refractivity contribution is 7.97. The van der Waals surface area contributed by atoms with Crippen LogP contribution >= 0.6 is 0 Å². The van der Waals surface area contributed by atoms with Crippen LogP contribution in [-0.4, -0.2) is 0 Å². The molecular weight excluding hydrogens is 837 g/mol. The first-order chi connectivity index (χ1) is 33.2. The van der Waals surface area contributed by atoms with Gasteiger partial charge in [0.15, 0.2) is 14.7 Å². The van der Waals surface area contributed by atoms with Crippen LogP contribution in [-0.2, 0) is 30.7 Å². The highest BCUT2D eigenvalue weighted by atomic mass is 32.2. The maximum atomic E-state index is 6.59. The fourth-order valence-electron chi connectivity index (χ4n) is 9.68. The van der Waals surface area contributed by atoms with Crippen molar-refractivity contribution in [3.8, 4) is 17.2 Å². The Balaban J connectivity index is 0.841. The molecule has 0 bridgehead atoms. The van der Waals surface area contributed by atoms with E-state index in [4.69, 9.17) is 14.2 Å². The molecular formula is C63H45O3S+. The van der Waals surface area contributed by atoms with Crippen LogP contribution in [0.1, 0.15) is 16.7 Å². The summed E-state index contributed by atoms with van der Waals surface area (Å²) in [7, 11) is -0.437. The van der Waals surface area contributed by atoms with Crippen molar-refractivity contribution in [2.45, 2.75) is 34.5 Å². The summed E-state index contributed by atoms with van der Waals surface area (Å²) < 4.78 is 19.8. The van der Waals surface area contributed by atoms with Gasteiger partial charge in [0.1, 0.15) is 37.1 Å². The average molecular weight is 882 g/mol. The van der Waals surface area contributed by atoms with Gasteiger partial charge in [-0.15, -0.1) is 0 Å². The zero-order chi connectivity index (χ0) is 44.5. The summed E-state index contributed by atoms with van der Waals surface area (Å²) in [6, 6.07) is 84.2. The lowest BCUT2D eigenvalue weighted by Gasteiger charge is -2.15. The van der Waals surface area contributed by atoms with E-state index < -0.39 is 10.9 Å². The average Bonchev–Trinajstić information content (AvgIpc) is 3.39. The second-order valence-electron chi connectivity index (χ2n) is 17.0. The molecule has 4 heteroatoms. The monoisotopic (exact) mass is 881 g/mol. The third-order valence-corrected chi connectivity index (χ3v) is 15.2. The van der Waals surface area contributed by atoms with Crippen molar-refractivity contribution < 1.29 is 14.2 Å². The molecule has 0 unspecified atom stereocenters. The number of hydrogen-bond acceptors (Lipinski definition) is 3. The van der Waals surface area contributed by atoms with Gasteiger partial charge < -0.3 is 14.2 Å². The number of rotatable bonds is 12. The Morgan fingerprint density at radius 1 is 0.239 bits per heavy atom. The van der Waals surface area contributed by atoms with E-state index in [1.807, 2.05) is 0 Å². The van der Waals surface area contributed by atoms with Gasteiger partial charge in [0.25, 0.3) is 0 Å². The maximum Gasteiger partial charge on any atom is 0.166 e. The van der Waals surface area contributed by atoms with Gasteiger partial charge in [-0.2, -0.15) is 0 Å². The summed E-state index contributed by atoms with van der Waals surface area (Å²) in [6.45, 7) is 1.41. The van der Waals surface area contributed by atoms with Crippen LogP contribution in [0.4, 0.5) is 0 Å². The van der Waals surface area contributed by atoms with Gasteiger partial charge in [0.2, 0.25) is 0 Å². The van der Waals surface area contributed by atoms with Gasteiger partial charge in [-0.1, -0.05) is 146 Å². The molecule has 12 aromatic carbocycles. The summed E-state index contributed by atoms with van der Waals surface area (Å²) in [4.78, 5) is 3.57. The summed E-state index contributed by atoms with van der Waals surface area (Å²) in [6.07, 6.45) is 0. The molecule has 12 aromatic rings. The Morgan fingerprint density at radius 2 is 0.448 bits per heavy atom. The van der Waals surface area contributed by atoms with Crippen LogP contribution in [0.5, 0.6) is 17.2 Å². The molecule has 0 aliphatic heterocycles. The first-order valence-corrected chi connectivity index (χ1v) is 24.0. The molecule has 0 aliphatic carbocycles. The van der Waals surface area contributed by atoms with Crippen molar-refractivity contribution in [3.63, 3.8) is 0 Å². The molecule has 0 spiro atoms. The first-order valence-electron chi connectivity index (χ1n) is 22.8. The van der Waals surface area contributed by atoms with Crippen LogP contribution in [0, 0.1) is 0 Å². The van der Waals surface area contributed by atoms with E-state index >= 15 is 0 Å². The molecule has 0 saturated heterocycles. The van der Waals surface area contributed by atoms with Crippen LogP contribution in [0.2, 0.25) is 0 Å².